The van der Waals surface area contributed by atoms with Crippen molar-refractivity contribution in [1.82, 2.24) is 9.71 Å². The van der Waals surface area contributed by atoms with Crippen LogP contribution in [-0.4, -0.2) is 32.0 Å². The van der Waals surface area contributed by atoms with Gasteiger partial charge in [0.15, 0.2) is 0 Å². The molecule has 1 unspecified atom stereocenters. The minimum atomic E-state index is -3.66. The van der Waals surface area contributed by atoms with Crippen molar-refractivity contribution in [2.75, 3.05) is 6.61 Å². The largest absolute Gasteiger partial charge is 0.465 e. The molecule has 0 amide bonds. The van der Waals surface area contributed by atoms with Gasteiger partial charge in [-0.15, -0.1) is 0 Å². The monoisotopic (exact) mass is 246 g/mol. The van der Waals surface area contributed by atoms with Gasteiger partial charge in [-0.05, 0) is 19.9 Å². The topological polar surface area (TPSA) is 88.3 Å². The van der Waals surface area contributed by atoms with Gasteiger partial charge in [0, 0.05) is 12.4 Å². The number of hydrogen-bond donors (Lipinski definition) is 2. The zero-order chi connectivity index (χ0) is 12.2. The van der Waals surface area contributed by atoms with E-state index in [1.54, 1.807) is 6.92 Å². The molecule has 0 saturated heterocycles. The first-order chi connectivity index (χ1) is 7.47. The lowest BCUT2D eigenvalue weighted by atomic mass is 10.4. The number of sulfonamides is 1. The standard InChI is InChI=1S/C9H14N2O4S/c1-3-15-9(12)7(2)11-16(13,14)8-4-5-10-6-8/h4-7,10-11H,3H2,1-2H3. The highest BCUT2D eigenvalue weighted by Crippen LogP contribution is 2.07. The summed E-state index contributed by atoms with van der Waals surface area (Å²) in [5.74, 6) is -0.596. The van der Waals surface area contributed by atoms with Crippen molar-refractivity contribution in [3.63, 3.8) is 0 Å². The van der Waals surface area contributed by atoms with E-state index in [1.165, 1.54) is 25.4 Å². The summed E-state index contributed by atoms with van der Waals surface area (Å²) in [4.78, 5) is 13.9. The fourth-order valence-electron chi connectivity index (χ4n) is 1.09. The van der Waals surface area contributed by atoms with E-state index in [-0.39, 0.29) is 11.5 Å². The molecule has 0 fully saturated rings. The third-order valence-corrected chi connectivity index (χ3v) is 3.39. The van der Waals surface area contributed by atoms with Crippen molar-refractivity contribution < 1.29 is 17.9 Å². The van der Waals surface area contributed by atoms with Gasteiger partial charge in [0.05, 0.1) is 11.5 Å². The number of aromatic nitrogens is 1. The number of esters is 1. The fraction of sp³-hybridized carbons (Fsp3) is 0.444. The van der Waals surface area contributed by atoms with Crippen molar-refractivity contribution in [2.45, 2.75) is 24.8 Å². The number of nitrogens with one attached hydrogen (secondary N) is 2. The van der Waals surface area contributed by atoms with Crippen molar-refractivity contribution in [3.05, 3.63) is 18.5 Å². The molecule has 0 aromatic carbocycles. The molecular weight excluding hydrogens is 232 g/mol. The Morgan fingerprint density at radius 1 is 1.62 bits per heavy atom. The van der Waals surface area contributed by atoms with Gasteiger partial charge >= 0.3 is 5.97 Å². The summed E-state index contributed by atoms with van der Waals surface area (Å²) in [6, 6.07) is 0.500. The molecule has 0 radical (unpaired) electrons. The SMILES string of the molecule is CCOC(=O)C(C)NS(=O)(=O)c1cc[nH]c1. The maximum absolute atomic E-state index is 11.7. The van der Waals surface area contributed by atoms with E-state index in [0.717, 1.165) is 0 Å². The van der Waals surface area contributed by atoms with Crippen LogP contribution >= 0.6 is 0 Å². The van der Waals surface area contributed by atoms with E-state index >= 15 is 0 Å². The number of ether oxygens (including phenoxy) is 1. The van der Waals surface area contributed by atoms with Crippen LogP contribution in [0, 0.1) is 0 Å². The molecule has 0 saturated carbocycles. The Hall–Kier alpha value is -1.34. The lowest BCUT2D eigenvalue weighted by Crippen LogP contribution is -2.39. The van der Waals surface area contributed by atoms with Crippen LogP contribution < -0.4 is 4.72 Å². The van der Waals surface area contributed by atoms with Gasteiger partial charge in [0.2, 0.25) is 10.0 Å². The molecular formula is C9H14N2O4S. The zero-order valence-electron chi connectivity index (χ0n) is 9.06. The van der Waals surface area contributed by atoms with E-state index in [0.29, 0.717) is 0 Å². The molecule has 7 heteroatoms. The zero-order valence-corrected chi connectivity index (χ0v) is 9.87. The molecule has 1 rings (SSSR count). The first kappa shape index (κ1) is 12.7. The van der Waals surface area contributed by atoms with Crippen LogP contribution in [0.2, 0.25) is 0 Å². The Labute approximate surface area is 94.1 Å². The van der Waals surface area contributed by atoms with Gasteiger partial charge < -0.3 is 9.72 Å². The van der Waals surface area contributed by atoms with Crippen LogP contribution in [-0.2, 0) is 19.6 Å². The minimum Gasteiger partial charge on any atom is -0.465 e. The van der Waals surface area contributed by atoms with E-state index in [4.69, 9.17) is 4.74 Å². The highest BCUT2D eigenvalue weighted by Gasteiger charge is 2.22. The number of H-pyrrole nitrogens is 1. The molecule has 6 nitrogen and oxygen atoms in total. The van der Waals surface area contributed by atoms with Gasteiger partial charge in [0.25, 0.3) is 0 Å². The maximum Gasteiger partial charge on any atom is 0.323 e. The van der Waals surface area contributed by atoms with Crippen molar-refractivity contribution in [3.8, 4) is 0 Å². The van der Waals surface area contributed by atoms with E-state index < -0.39 is 22.0 Å². The molecule has 0 bridgehead atoms. The highest BCUT2D eigenvalue weighted by molar-refractivity contribution is 7.89. The third kappa shape index (κ3) is 3.07. The van der Waals surface area contributed by atoms with Crippen LogP contribution in [0.4, 0.5) is 0 Å². The first-order valence-electron chi connectivity index (χ1n) is 4.79. The normalized spacial score (nSPS) is 13.4. The van der Waals surface area contributed by atoms with E-state index in [1.807, 2.05) is 0 Å². The molecule has 0 aliphatic carbocycles. The predicted molar refractivity (Wildman–Crippen MR) is 57.2 cm³/mol. The summed E-state index contributed by atoms with van der Waals surface area (Å²) in [5.41, 5.74) is 0. The van der Waals surface area contributed by atoms with Crippen LogP contribution in [0.5, 0.6) is 0 Å². The molecule has 0 spiro atoms. The smallest absolute Gasteiger partial charge is 0.323 e. The summed E-state index contributed by atoms with van der Waals surface area (Å²) in [5, 5.41) is 0. The molecule has 16 heavy (non-hydrogen) atoms. The Morgan fingerprint density at radius 2 is 2.31 bits per heavy atom. The average Bonchev–Trinajstić information content (AvgIpc) is 2.70. The van der Waals surface area contributed by atoms with Crippen LogP contribution in [0.25, 0.3) is 0 Å². The second-order valence-electron chi connectivity index (χ2n) is 3.14. The Morgan fingerprint density at radius 3 is 2.81 bits per heavy atom. The minimum absolute atomic E-state index is 0.0867. The highest BCUT2D eigenvalue weighted by atomic mass is 32.2. The predicted octanol–water partition coefficient (Wildman–Crippen LogP) is 0.245. The Bertz CT molecular complexity index is 438. The first-order valence-corrected chi connectivity index (χ1v) is 6.27. The molecule has 0 aliphatic rings. The van der Waals surface area contributed by atoms with E-state index in [9.17, 15) is 13.2 Å². The molecule has 90 valence electrons. The number of carbonyl (C=O) groups excluding carboxylic acids is 1. The second-order valence-corrected chi connectivity index (χ2v) is 4.86. The van der Waals surface area contributed by atoms with Gasteiger partial charge in [-0.1, -0.05) is 0 Å². The number of hydrogen-bond acceptors (Lipinski definition) is 4. The van der Waals surface area contributed by atoms with Gasteiger partial charge in [0.1, 0.15) is 6.04 Å². The van der Waals surface area contributed by atoms with E-state index in [2.05, 4.69) is 9.71 Å². The maximum atomic E-state index is 11.7. The Kier molecular flexibility index (Phi) is 4.08. The lowest BCUT2D eigenvalue weighted by Gasteiger charge is -2.11. The fourth-order valence-corrected chi connectivity index (χ4v) is 2.26. The molecule has 1 aromatic rings. The van der Waals surface area contributed by atoms with Gasteiger partial charge in [-0.25, -0.2) is 8.42 Å². The summed E-state index contributed by atoms with van der Waals surface area (Å²) in [6.07, 6.45) is 2.82. The summed E-state index contributed by atoms with van der Waals surface area (Å²) < 4.78 is 30.3. The van der Waals surface area contributed by atoms with Crippen molar-refractivity contribution >= 4 is 16.0 Å². The number of carbonyl (C=O) groups is 1. The second kappa shape index (κ2) is 5.13. The lowest BCUT2D eigenvalue weighted by molar-refractivity contribution is -0.144. The number of aromatic amines is 1. The van der Waals surface area contributed by atoms with Crippen molar-refractivity contribution in [2.24, 2.45) is 0 Å². The molecule has 2 N–H and O–H groups in total. The van der Waals surface area contributed by atoms with Gasteiger partial charge in [-0.3, -0.25) is 4.79 Å². The molecule has 0 aliphatic heterocycles. The molecule has 1 aromatic heterocycles. The quantitative estimate of drug-likeness (QED) is 0.729. The van der Waals surface area contributed by atoms with Crippen LogP contribution in [0.15, 0.2) is 23.4 Å². The van der Waals surface area contributed by atoms with Crippen LogP contribution in [0.1, 0.15) is 13.8 Å². The molecule has 1 heterocycles. The third-order valence-electron chi connectivity index (χ3n) is 1.85. The van der Waals surface area contributed by atoms with Crippen molar-refractivity contribution in [1.29, 1.82) is 0 Å². The molecule has 1 atom stereocenters. The summed E-state index contributed by atoms with van der Waals surface area (Å²) in [6.45, 7) is 3.31. The average molecular weight is 246 g/mol. The van der Waals surface area contributed by atoms with Crippen LogP contribution in [0.3, 0.4) is 0 Å². The number of rotatable bonds is 5. The Balaban J connectivity index is 2.71. The van der Waals surface area contributed by atoms with Gasteiger partial charge in [-0.2, -0.15) is 4.72 Å². The summed E-state index contributed by atoms with van der Waals surface area (Å²) >= 11 is 0. The summed E-state index contributed by atoms with van der Waals surface area (Å²) in [7, 11) is -3.66.